The Morgan fingerprint density at radius 1 is 1.03 bits per heavy atom. The van der Waals surface area contributed by atoms with Gasteiger partial charge in [0, 0.05) is 30.8 Å². The van der Waals surface area contributed by atoms with Gasteiger partial charge in [-0.2, -0.15) is 0 Å². The lowest BCUT2D eigenvalue weighted by atomic mass is 10.1. The molecule has 1 heterocycles. The highest BCUT2D eigenvalue weighted by atomic mass is 32.1. The van der Waals surface area contributed by atoms with E-state index in [-0.39, 0.29) is 17.4 Å². The predicted octanol–water partition coefficient (Wildman–Crippen LogP) is 4.01. The number of rotatable bonds is 9. The van der Waals surface area contributed by atoms with Crippen molar-refractivity contribution >= 4 is 40.6 Å². The molecule has 162 valence electrons. The smallest absolute Gasteiger partial charge is 0.262 e. The maximum Gasteiger partial charge on any atom is 0.262 e. The number of nitrogens with zero attached hydrogens (tertiary/aromatic N) is 1. The molecule has 3 aromatic rings. The van der Waals surface area contributed by atoms with Gasteiger partial charge in [-0.15, -0.1) is 0 Å². The first-order valence-corrected chi connectivity index (χ1v) is 10.8. The summed E-state index contributed by atoms with van der Waals surface area (Å²) in [6.07, 6.45) is 2.65. The van der Waals surface area contributed by atoms with Crippen LogP contribution in [0.5, 0.6) is 0 Å². The Balaban J connectivity index is 1.44. The zero-order chi connectivity index (χ0) is 22.2. The number of para-hydroxylation sites is 1. The average Bonchev–Trinajstić information content (AvgIpc) is 2.76. The Bertz CT molecular complexity index is 1180. The quantitative estimate of drug-likeness (QED) is 0.347. The highest BCUT2D eigenvalue weighted by Gasteiger charge is 2.07. The molecule has 7 nitrogen and oxygen atoms in total. The van der Waals surface area contributed by atoms with Gasteiger partial charge in [0.2, 0.25) is 5.91 Å². The third-order valence-electron chi connectivity index (χ3n) is 4.94. The van der Waals surface area contributed by atoms with Crippen LogP contribution in [0.3, 0.4) is 0 Å². The van der Waals surface area contributed by atoms with Crippen LogP contribution in [0.2, 0.25) is 0 Å². The molecule has 2 amide bonds. The van der Waals surface area contributed by atoms with Gasteiger partial charge < -0.3 is 15.6 Å². The molecule has 0 fully saturated rings. The van der Waals surface area contributed by atoms with Crippen molar-refractivity contribution in [3.05, 3.63) is 69.2 Å². The van der Waals surface area contributed by atoms with Gasteiger partial charge in [-0.25, -0.2) is 0 Å². The molecular weight excluding hydrogens is 412 g/mol. The van der Waals surface area contributed by atoms with Crippen molar-refractivity contribution in [2.45, 2.75) is 39.2 Å². The number of hydrogen-bond donors (Lipinski definition) is 3. The summed E-state index contributed by atoms with van der Waals surface area (Å²) in [6, 6.07) is 14.1. The number of aromatic nitrogens is 2. The number of carbonyl (C=O) groups excluding carboxylic acids is 2. The molecule has 0 atom stereocenters. The Morgan fingerprint density at radius 2 is 1.77 bits per heavy atom. The summed E-state index contributed by atoms with van der Waals surface area (Å²) in [6.45, 7) is 2.95. The Hall–Kier alpha value is -3.26. The van der Waals surface area contributed by atoms with Crippen molar-refractivity contribution in [1.29, 1.82) is 0 Å². The maximum atomic E-state index is 12.6. The van der Waals surface area contributed by atoms with Crippen molar-refractivity contribution in [1.82, 2.24) is 14.9 Å². The molecule has 1 aromatic heterocycles. The molecular formula is C23H26N4O3S. The van der Waals surface area contributed by atoms with Gasteiger partial charge in [0.1, 0.15) is 0 Å². The fourth-order valence-corrected chi connectivity index (χ4v) is 3.61. The highest BCUT2D eigenvalue weighted by Crippen LogP contribution is 2.12. The molecule has 0 unspecified atom stereocenters. The van der Waals surface area contributed by atoms with Crippen molar-refractivity contribution < 1.29 is 9.59 Å². The molecule has 2 aromatic carbocycles. The molecule has 31 heavy (non-hydrogen) atoms. The second-order valence-electron chi connectivity index (χ2n) is 7.23. The number of H-pyrrole nitrogens is 1. The van der Waals surface area contributed by atoms with E-state index in [9.17, 15) is 14.4 Å². The van der Waals surface area contributed by atoms with Gasteiger partial charge in [-0.3, -0.25) is 19.0 Å². The molecule has 8 heteroatoms. The molecule has 0 saturated heterocycles. The summed E-state index contributed by atoms with van der Waals surface area (Å²) in [7, 11) is 0. The van der Waals surface area contributed by atoms with Crippen LogP contribution in [-0.4, -0.2) is 27.9 Å². The van der Waals surface area contributed by atoms with Crippen molar-refractivity contribution in [2.24, 2.45) is 0 Å². The fourth-order valence-electron chi connectivity index (χ4n) is 3.33. The van der Waals surface area contributed by atoms with Gasteiger partial charge in [0.15, 0.2) is 4.77 Å². The van der Waals surface area contributed by atoms with E-state index in [0.29, 0.717) is 47.3 Å². The summed E-state index contributed by atoms with van der Waals surface area (Å²) in [5.41, 5.74) is 1.87. The highest BCUT2D eigenvalue weighted by molar-refractivity contribution is 7.71. The summed E-state index contributed by atoms with van der Waals surface area (Å²) in [4.78, 5) is 39.6. The van der Waals surface area contributed by atoms with Gasteiger partial charge in [-0.05, 0) is 68.4 Å². The normalized spacial score (nSPS) is 10.7. The molecule has 0 bridgehead atoms. The second kappa shape index (κ2) is 10.7. The lowest BCUT2D eigenvalue weighted by molar-refractivity contribution is -0.116. The maximum absolute atomic E-state index is 12.6. The molecule has 3 N–H and O–H groups in total. The van der Waals surface area contributed by atoms with Gasteiger partial charge in [0.25, 0.3) is 11.5 Å². The molecule has 0 spiro atoms. The largest absolute Gasteiger partial charge is 0.352 e. The van der Waals surface area contributed by atoms with Crippen molar-refractivity contribution in [2.75, 3.05) is 11.9 Å². The van der Waals surface area contributed by atoms with E-state index in [0.717, 1.165) is 18.4 Å². The molecule has 3 rings (SSSR count). The van der Waals surface area contributed by atoms with E-state index in [1.54, 1.807) is 34.9 Å². The molecule has 0 aliphatic rings. The minimum atomic E-state index is -0.134. The molecule has 0 aliphatic carbocycles. The van der Waals surface area contributed by atoms with E-state index in [4.69, 9.17) is 12.2 Å². The monoisotopic (exact) mass is 438 g/mol. The van der Waals surface area contributed by atoms with E-state index in [1.807, 2.05) is 25.1 Å². The number of benzene rings is 2. The number of unbranched alkanes of at least 4 members (excludes halogenated alkanes) is 2. The molecule has 0 aliphatic heterocycles. The van der Waals surface area contributed by atoms with Crippen LogP contribution in [0.4, 0.5) is 5.69 Å². The standard InChI is InChI=1S/C23H26N4O3S/c1-2-24-21(29)16-11-13-17(14-12-16)25-20(28)10-4-3-7-15-27-22(30)18-8-5-6-9-19(18)26-23(27)31/h5-6,8-9,11-14H,2-4,7,10,15H2,1H3,(H,24,29)(H,25,28)(H,26,31). The van der Waals surface area contributed by atoms with Crippen LogP contribution in [0.15, 0.2) is 53.3 Å². The first-order chi connectivity index (χ1) is 15.0. The number of aromatic amines is 1. The lowest BCUT2D eigenvalue weighted by Gasteiger charge is -2.09. The van der Waals surface area contributed by atoms with Gasteiger partial charge in [-0.1, -0.05) is 18.6 Å². The topological polar surface area (TPSA) is 96.0 Å². The third kappa shape index (κ3) is 5.88. The van der Waals surface area contributed by atoms with Crippen molar-refractivity contribution in [3.8, 4) is 0 Å². The zero-order valence-electron chi connectivity index (χ0n) is 17.4. The SMILES string of the molecule is CCNC(=O)c1ccc(NC(=O)CCCCCn2c(=S)[nH]c3ccccc3c2=O)cc1. The number of fused-ring (bicyclic) bond motifs is 1. The Morgan fingerprint density at radius 3 is 2.52 bits per heavy atom. The van der Waals surface area contributed by atoms with Gasteiger partial charge >= 0.3 is 0 Å². The second-order valence-corrected chi connectivity index (χ2v) is 7.61. The minimum Gasteiger partial charge on any atom is -0.352 e. The Labute approximate surface area is 185 Å². The van der Waals surface area contributed by atoms with Gasteiger partial charge in [0.05, 0.1) is 10.9 Å². The Kier molecular flexibility index (Phi) is 7.72. The van der Waals surface area contributed by atoms with E-state index < -0.39 is 0 Å². The first kappa shape index (κ1) is 22.4. The molecule has 0 radical (unpaired) electrons. The van der Waals surface area contributed by atoms with E-state index >= 15 is 0 Å². The average molecular weight is 439 g/mol. The van der Waals surface area contributed by atoms with Crippen LogP contribution >= 0.6 is 12.2 Å². The third-order valence-corrected chi connectivity index (χ3v) is 5.27. The number of amides is 2. The summed E-state index contributed by atoms with van der Waals surface area (Å²) < 4.78 is 1.99. The predicted molar refractivity (Wildman–Crippen MR) is 125 cm³/mol. The summed E-state index contributed by atoms with van der Waals surface area (Å²) in [5, 5.41) is 6.19. The fraction of sp³-hybridized carbons (Fsp3) is 0.304. The zero-order valence-corrected chi connectivity index (χ0v) is 18.3. The minimum absolute atomic E-state index is 0.0778. The number of anilines is 1. The number of carbonyl (C=O) groups is 2. The number of nitrogens with one attached hydrogen (secondary N) is 3. The van der Waals surface area contributed by atoms with E-state index in [2.05, 4.69) is 15.6 Å². The number of hydrogen-bond acceptors (Lipinski definition) is 4. The van der Waals surface area contributed by atoms with Crippen molar-refractivity contribution in [3.63, 3.8) is 0 Å². The van der Waals surface area contributed by atoms with Crippen LogP contribution in [0, 0.1) is 4.77 Å². The van der Waals surface area contributed by atoms with Crippen LogP contribution in [0.1, 0.15) is 43.0 Å². The summed E-state index contributed by atoms with van der Waals surface area (Å²) >= 11 is 5.32. The lowest BCUT2D eigenvalue weighted by Crippen LogP contribution is -2.22. The summed E-state index contributed by atoms with van der Waals surface area (Å²) in [5.74, 6) is -0.211. The van der Waals surface area contributed by atoms with Crippen LogP contribution in [-0.2, 0) is 11.3 Å². The molecule has 0 saturated carbocycles. The first-order valence-electron chi connectivity index (χ1n) is 10.4. The van der Waals surface area contributed by atoms with E-state index in [1.165, 1.54) is 0 Å². The van der Waals surface area contributed by atoms with Crippen LogP contribution in [0.25, 0.3) is 10.9 Å². The van der Waals surface area contributed by atoms with Crippen LogP contribution < -0.4 is 16.2 Å².